The number of phenolic OH excluding ortho intramolecular Hbond substituents is 1. The van der Waals surface area contributed by atoms with E-state index >= 15 is 0 Å². The molecule has 0 saturated carbocycles. The fourth-order valence-corrected chi connectivity index (χ4v) is 5.96. The Morgan fingerprint density at radius 2 is 1.82 bits per heavy atom. The van der Waals surface area contributed by atoms with Crippen molar-refractivity contribution < 1.29 is 49.1 Å². The Morgan fingerprint density at radius 1 is 1.15 bits per heavy atom. The second kappa shape index (κ2) is 9.91. The topological polar surface area (TPSA) is 217 Å². The molecule has 0 radical (unpaired) electrons. The average molecular weight is 544 g/mol. The van der Waals surface area contributed by atoms with E-state index in [1.165, 1.54) is 32.2 Å². The van der Waals surface area contributed by atoms with Gasteiger partial charge < -0.3 is 30.9 Å². The number of amides is 1. The zero-order valence-corrected chi connectivity index (χ0v) is 21.5. The molecule has 4 atom stereocenters. The summed E-state index contributed by atoms with van der Waals surface area (Å²) < 4.78 is 4.53. The minimum Gasteiger partial charge on any atom is -0.510 e. The lowest BCUT2D eigenvalue weighted by molar-refractivity contribution is -0.148. The molecule has 3 aliphatic carbocycles. The first-order valence-electron chi connectivity index (χ1n) is 12.1. The Morgan fingerprint density at radius 3 is 2.41 bits per heavy atom. The molecule has 0 aliphatic heterocycles. The fourth-order valence-electron chi connectivity index (χ4n) is 5.96. The third kappa shape index (κ3) is 4.18. The summed E-state index contributed by atoms with van der Waals surface area (Å²) in [6.45, 7) is -0.497. The number of carbonyl (C=O) groups excluding carboxylic acids is 5. The van der Waals surface area contributed by atoms with Crippen molar-refractivity contribution in [3.05, 3.63) is 51.5 Å². The summed E-state index contributed by atoms with van der Waals surface area (Å²) in [5.74, 6) is -8.71. The Bertz CT molecular complexity index is 1380. The number of methoxy groups -OCH3 is 1. The number of benzene rings is 1. The number of aliphatic hydroxyl groups is 3. The van der Waals surface area contributed by atoms with Crippen LogP contribution in [0.4, 0.5) is 0 Å². The number of aliphatic hydroxyl groups excluding tert-OH is 2. The molecule has 0 aromatic heterocycles. The summed E-state index contributed by atoms with van der Waals surface area (Å²) in [5, 5.41) is 46.9. The zero-order valence-electron chi connectivity index (χ0n) is 21.5. The number of fused-ring (bicyclic) bond motifs is 3. The number of esters is 1. The summed E-state index contributed by atoms with van der Waals surface area (Å²) in [6.07, 6.45) is -0.128. The maximum absolute atomic E-state index is 13.7. The maximum Gasteiger partial charge on any atom is 0.319 e. The van der Waals surface area contributed by atoms with E-state index in [0.717, 1.165) is 6.07 Å². The SMILES string of the molecule is COC(=O)CNCC(=O)c1ccc(O)c2c1C[C@H]1C[C@H]3[C@@H](N(C)C)C(O)=C(C(N)=O)C(=O)[C@@]3(O)C(O)=C1C2=O. The van der Waals surface area contributed by atoms with Crippen molar-refractivity contribution >= 4 is 29.2 Å². The average Bonchev–Trinajstić information content (AvgIpc) is 2.85. The van der Waals surface area contributed by atoms with Gasteiger partial charge in [-0.3, -0.25) is 34.2 Å². The fraction of sp³-hybridized carbons (Fsp3) is 0.423. The van der Waals surface area contributed by atoms with Gasteiger partial charge in [0.15, 0.2) is 17.2 Å². The number of allylic oxidation sites excluding steroid dienone is 1. The molecular weight excluding hydrogens is 514 g/mol. The summed E-state index contributed by atoms with van der Waals surface area (Å²) in [6, 6.07) is 1.36. The summed E-state index contributed by atoms with van der Waals surface area (Å²) >= 11 is 0. The molecule has 13 heteroatoms. The van der Waals surface area contributed by atoms with E-state index in [0.29, 0.717) is 0 Å². The van der Waals surface area contributed by atoms with Crippen molar-refractivity contribution in [3.63, 3.8) is 0 Å². The quantitative estimate of drug-likeness (QED) is 0.140. The molecule has 208 valence electrons. The molecule has 39 heavy (non-hydrogen) atoms. The molecule has 7 N–H and O–H groups in total. The molecule has 1 aromatic rings. The van der Waals surface area contributed by atoms with Gasteiger partial charge in [-0.25, -0.2) is 0 Å². The number of likely N-dealkylation sites (N-methyl/N-ethyl adjacent to an activating group) is 1. The molecular formula is C26H29N3O10. The third-order valence-corrected chi connectivity index (χ3v) is 7.69. The number of hydrogen-bond donors (Lipinski definition) is 6. The van der Waals surface area contributed by atoms with Crippen LogP contribution in [0.3, 0.4) is 0 Å². The first-order chi connectivity index (χ1) is 18.3. The highest BCUT2D eigenvalue weighted by Crippen LogP contribution is 2.52. The molecule has 4 rings (SSSR count). The van der Waals surface area contributed by atoms with E-state index in [-0.39, 0.29) is 48.2 Å². The highest BCUT2D eigenvalue weighted by molar-refractivity contribution is 6.25. The number of ketones is 3. The van der Waals surface area contributed by atoms with Gasteiger partial charge >= 0.3 is 5.97 Å². The Labute approximate surface area is 222 Å². The number of nitrogens with one attached hydrogen (secondary N) is 1. The van der Waals surface area contributed by atoms with Crippen molar-refractivity contribution in [1.82, 2.24) is 10.2 Å². The van der Waals surface area contributed by atoms with Gasteiger partial charge in [-0.15, -0.1) is 0 Å². The smallest absolute Gasteiger partial charge is 0.319 e. The lowest BCUT2D eigenvalue weighted by atomic mass is 9.58. The van der Waals surface area contributed by atoms with Crippen LogP contribution in [-0.2, 0) is 25.5 Å². The van der Waals surface area contributed by atoms with Gasteiger partial charge in [0.1, 0.15) is 22.8 Å². The van der Waals surface area contributed by atoms with Crippen molar-refractivity contribution in [3.8, 4) is 5.75 Å². The minimum absolute atomic E-state index is 0.0268. The van der Waals surface area contributed by atoms with Gasteiger partial charge in [0, 0.05) is 17.1 Å². The van der Waals surface area contributed by atoms with E-state index < -0.39 is 75.5 Å². The molecule has 1 aromatic carbocycles. The van der Waals surface area contributed by atoms with Gasteiger partial charge in [0.2, 0.25) is 5.78 Å². The van der Waals surface area contributed by atoms with Crippen LogP contribution in [0.1, 0.15) is 32.7 Å². The zero-order chi connectivity index (χ0) is 29.0. The highest BCUT2D eigenvalue weighted by Gasteiger charge is 2.63. The second-order valence-corrected chi connectivity index (χ2v) is 10.1. The van der Waals surface area contributed by atoms with Crippen LogP contribution in [0.5, 0.6) is 5.75 Å². The lowest BCUT2D eigenvalue weighted by Gasteiger charge is -2.50. The molecule has 0 heterocycles. The Hall–Kier alpha value is -4.07. The summed E-state index contributed by atoms with van der Waals surface area (Å²) in [4.78, 5) is 64.8. The number of primary amides is 1. The summed E-state index contributed by atoms with van der Waals surface area (Å²) in [5.41, 5.74) is 1.40. The lowest BCUT2D eigenvalue weighted by Crippen LogP contribution is -2.63. The van der Waals surface area contributed by atoms with E-state index in [1.807, 2.05) is 0 Å². The monoisotopic (exact) mass is 543 g/mol. The number of nitrogens with zero attached hydrogens (tertiary/aromatic N) is 1. The number of nitrogens with two attached hydrogens (primary N) is 1. The first kappa shape index (κ1) is 28.0. The number of aromatic hydroxyl groups is 1. The van der Waals surface area contributed by atoms with Crippen molar-refractivity contribution in [1.29, 1.82) is 0 Å². The van der Waals surface area contributed by atoms with Gasteiger partial charge in [0.25, 0.3) is 5.91 Å². The van der Waals surface area contributed by atoms with Crippen molar-refractivity contribution in [2.75, 3.05) is 34.3 Å². The summed E-state index contributed by atoms with van der Waals surface area (Å²) in [7, 11) is 4.26. The van der Waals surface area contributed by atoms with Gasteiger partial charge in [0.05, 0.1) is 31.8 Å². The van der Waals surface area contributed by atoms with Crippen LogP contribution in [0.2, 0.25) is 0 Å². The first-order valence-corrected chi connectivity index (χ1v) is 12.1. The number of phenols is 1. The molecule has 0 unspecified atom stereocenters. The van der Waals surface area contributed by atoms with Crippen LogP contribution in [0.15, 0.2) is 34.8 Å². The van der Waals surface area contributed by atoms with E-state index in [1.54, 1.807) is 0 Å². The molecule has 1 amide bonds. The number of hydrogen-bond acceptors (Lipinski definition) is 12. The van der Waals surface area contributed by atoms with Crippen molar-refractivity contribution in [2.45, 2.75) is 24.5 Å². The number of ether oxygens (including phenoxy) is 1. The maximum atomic E-state index is 13.7. The highest BCUT2D eigenvalue weighted by atomic mass is 16.5. The molecule has 3 aliphatic rings. The molecule has 0 bridgehead atoms. The predicted molar refractivity (Wildman–Crippen MR) is 133 cm³/mol. The molecule has 13 nitrogen and oxygen atoms in total. The van der Waals surface area contributed by atoms with Crippen LogP contribution in [0.25, 0.3) is 0 Å². The largest absolute Gasteiger partial charge is 0.510 e. The van der Waals surface area contributed by atoms with E-state index in [2.05, 4.69) is 10.1 Å². The van der Waals surface area contributed by atoms with Crippen LogP contribution < -0.4 is 11.1 Å². The van der Waals surface area contributed by atoms with Crippen LogP contribution >= 0.6 is 0 Å². The number of carbonyl (C=O) groups is 5. The van der Waals surface area contributed by atoms with Gasteiger partial charge in [-0.2, -0.15) is 0 Å². The standard InChI is InChI=1S/C26H29N3O10/c1-29(2)20-13-7-10-6-12-11(15(31)8-28-9-16(32)39-3)4-5-14(30)18(12)21(33)17(10)23(35)26(13,38)24(36)19(22(20)34)25(27)37/h4-5,10,13,20,28,30,34-35,38H,6-9H2,1-3H3,(H2,27,37)/t10-,13-,20+,26-/m0/s1. The normalized spacial score (nSPS) is 26.2. The van der Waals surface area contributed by atoms with Gasteiger partial charge in [-0.05, 0) is 50.6 Å². The van der Waals surface area contributed by atoms with Crippen LogP contribution in [-0.4, -0.2) is 100 Å². The Balaban J connectivity index is 1.82. The van der Waals surface area contributed by atoms with Crippen molar-refractivity contribution in [2.24, 2.45) is 17.6 Å². The Kier molecular flexibility index (Phi) is 7.10. The van der Waals surface area contributed by atoms with E-state index in [9.17, 15) is 44.4 Å². The third-order valence-electron chi connectivity index (χ3n) is 7.69. The minimum atomic E-state index is -2.74. The van der Waals surface area contributed by atoms with Gasteiger partial charge in [-0.1, -0.05) is 0 Å². The molecule has 0 spiro atoms. The van der Waals surface area contributed by atoms with Crippen LogP contribution in [0, 0.1) is 11.8 Å². The number of Topliss-reactive ketones (excluding diaryl/α,β-unsaturated/α-hetero) is 3. The predicted octanol–water partition coefficient (Wildman–Crippen LogP) is -0.934. The second-order valence-electron chi connectivity index (χ2n) is 10.1. The molecule has 0 fully saturated rings. The van der Waals surface area contributed by atoms with E-state index in [4.69, 9.17) is 5.73 Å². The number of rotatable bonds is 7. The molecule has 0 saturated heterocycles.